The second-order valence-corrected chi connectivity index (χ2v) is 10.9. The first-order chi connectivity index (χ1) is 17.9. The second-order valence-electron chi connectivity index (χ2n) is 10.0. The lowest BCUT2D eigenvalue weighted by Gasteiger charge is -2.21. The highest BCUT2D eigenvalue weighted by atomic mass is 32.1. The van der Waals surface area contributed by atoms with E-state index < -0.39 is 0 Å². The molecule has 10 heteroatoms. The number of carbonyl (C=O) groups excluding carboxylic acids is 1. The SMILES string of the molecule is CNCCNC(C)(C)C.O=CN1CC=C(c2cc3c(NC4=Cc5scnc5CC=C4)ncnc3[nH]2)CC1. The van der Waals surface area contributed by atoms with Gasteiger partial charge in [-0.1, -0.05) is 12.2 Å². The third-order valence-electron chi connectivity index (χ3n) is 6.02. The molecule has 1 aliphatic carbocycles. The van der Waals surface area contributed by atoms with Gasteiger partial charge in [0.15, 0.2) is 0 Å². The van der Waals surface area contributed by atoms with Crippen molar-refractivity contribution in [1.82, 2.24) is 35.5 Å². The number of rotatable bonds is 7. The lowest BCUT2D eigenvalue weighted by molar-refractivity contribution is -0.117. The zero-order valence-electron chi connectivity index (χ0n) is 22.0. The molecule has 0 fully saturated rings. The molecular weight excluding hydrogens is 484 g/mol. The predicted molar refractivity (Wildman–Crippen MR) is 152 cm³/mol. The minimum Gasteiger partial charge on any atom is -0.341 e. The highest BCUT2D eigenvalue weighted by Gasteiger charge is 2.16. The van der Waals surface area contributed by atoms with Crippen molar-refractivity contribution in [2.24, 2.45) is 0 Å². The van der Waals surface area contributed by atoms with Crippen molar-refractivity contribution in [3.8, 4) is 0 Å². The smallest absolute Gasteiger partial charge is 0.209 e. The van der Waals surface area contributed by atoms with Gasteiger partial charge in [0.2, 0.25) is 6.41 Å². The van der Waals surface area contributed by atoms with E-state index in [2.05, 4.69) is 87.0 Å². The van der Waals surface area contributed by atoms with E-state index in [1.807, 2.05) is 12.6 Å². The molecule has 5 rings (SSSR count). The quantitative estimate of drug-likeness (QED) is 0.277. The van der Waals surface area contributed by atoms with E-state index >= 15 is 0 Å². The molecule has 4 heterocycles. The maximum absolute atomic E-state index is 10.9. The first-order valence-corrected chi connectivity index (χ1v) is 13.4. The zero-order chi connectivity index (χ0) is 26.3. The summed E-state index contributed by atoms with van der Waals surface area (Å²) in [5.74, 6) is 0.766. The van der Waals surface area contributed by atoms with E-state index in [9.17, 15) is 4.79 Å². The number of nitrogens with one attached hydrogen (secondary N) is 4. The minimum atomic E-state index is 0.261. The zero-order valence-corrected chi connectivity index (χ0v) is 22.8. The summed E-state index contributed by atoms with van der Waals surface area (Å²) in [5, 5.41) is 10.8. The first-order valence-electron chi connectivity index (χ1n) is 12.6. The van der Waals surface area contributed by atoms with Crippen molar-refractivity contribution < 1.29 is 4.79 Å². The van der Waals surface area contributed by atoms with Crippen LogP contribution >= 0.6 is 11.3 Å². The van der Waals surface area contributed by atoms with Gasteiger partial charge in [-0.15, -0.1) is 11.3 Å². The Morgan fingerprint density at radius 1 is 1.22 bits per heavy atom. The standard InChI is InChI=1S/C20H18N6OS.C7H18N2/c27-12-26-6-4-13(5-7-26)17-9-15-19(21-10-22-20(15)25-17)24-14-2-1-3-16-18(8-14)28-11-23-16;1-7(2,3)9-6-5-8-4/h1-2,4,8-12H,3,5-7H2,(H2,21,22,24,25);8-9H,5-6H2,1-4H3. The molecule has 0 radical (unpaired) electrons. The molecule has 3 aromatic heterocycles. The first kappa shape index (κ1) is 26.7. The molecule has 37 heavy (non-hydrogen) atoms. The molecule has 196 valence electrons. The fraction of sp³-hybridized carbons (Fsp3) is 0.407. The van der Waals surface area contributed by atoms with Gasteiger partial charge in [0.1, 0.15) is 17.8 Å². The van der Waals surface area contributed by atoms with Crippen LogP contribution in [0.4, 0.5) is 5.82 Å². The number of aromatic amines is 1. The molecule has 0 saturated carbocycles. The number of thiazole rings is 1. The van der Waals surface area contributed by atoms with Crippen LogP contribution in [-0.4, -0.2) is 70.0 Å². The third-order valence-corrected chi connectivity index (χ3v) is 6.84. The Hall–Kier alpha value is -3.34. The van der Waals surface area contributed by atoms with Crippen LogP contribution in [0.5, 0.6) is 0 Å². The van der Waals surface area contributed by atoms with Gasteiger partial charge in [-0.3, -0.25) is 4.79 Å². The Labute approximate surface area is 222 Å². The number of nitrogens with zero attached hydrogens (tertiary/aromatic N) is 4. The summed E-state index contributed by atoms with van der Waals surface area (Å²) in [6, 6.07) is 2.08. The van der Waals surface area contributed by atoms with Crippen LogP contribution in [0.1, 0.15) is 43.5 Å². The Bertz CT molecular complexity index is 1300. The van der Waals surface area contributed by atoms with Crippen molar-refractivity contribution >= 4 is 46.2 Å². The highest BCUT2D eigenvalue weighted by molar-refractivity contribution is 7.10. The van der Waals surface area contributed by atoms with Gasteiger partial charge in [0.05, 0.1) is 21.5 Å². The second kappa shape index (κ2) is 12.3. The molecular formula is C27H36N8OS. The Morgan fingerprint density at radius 2 is 2.08 bits per heavy atom. The van der Waals surface area contributed by atoms with Crippen LogP contribution in [0.15, 0.2) is 41.8 Å². The number of hydrogen-bond acceptors (Lipinski definition) is 8. The molecule has 0 aromatic carbocycles. The summed E-state index contributed by atoms with van der Waals surface area (Å²) >= 11 is 1.64. The van der Waals surface area contributed by atoms with Crippen LogP contribution in [0.3, 0.4) is 0 Å². The molecule has 4 N–H and O–H groups in total. The molecule has 0 spiro atoms. The predicted octanol–water partition coefficient (Wildman–Crippen LogP) is 3.82. The van der Waals surface area contributed by atoms with Crippen molar-refractivity contribution in [3.05, 3.63) is 58.1 Å². The van der Waals surface area contributed by atoms with Gasteiger partial charge in [-0.2, -0.15) is 0 Å². The van der Waals surface area contributed by atoms with E-state index in [0.29, 0.717) is 6.54 Å². The number of H-pyrrole nitrogens is 1. The molecule has 1 amide bonds. The molecule has 3 aromatic rings. The molecule has 0 atom stereocenters. The number of anilines is 1. The maximum atomic E-state index is 10.9. The van der Waals surface area contributed by atoms with E-state index in [0.717, 1.165) is 72.8 Å². The number of amides is 1. The normalized spacial score (nSPS) is 15.3. The van der Waals surface area contributed by atoms with Gasteiger partial charge < -0.3 is 25.8 Å². The molecule has 0 bridgehead atoms. The number of carbonyl (C=O) groups is 1. The van der Waals surface area contributed by atoms with Gasteiger partial charge in [0.25, 0.3) is 0 Å². The average Bonchev–Trinajstić information content (AvgIpc) is 3.47. The van der Waals surface area contributed by atoms with Crippen molar-refractivity contribution in [2.45, 2.75) is 39.2 Å². The van der Waals surface area contributed by atoms with Crippen LogP contribution in [0.25, 0.3) is 22.7 Å². The molecule has 1 aliphatic heterocycles. The van der Waals surface area contributed by atoms with E-state index in [-0.39, 0.29) is 5.54 Å². The molecule has 0 unspecified atom stereocenters. The number of aromatic nitrogens is 4. The largest absolute Gasteiger partial charge is 0.341 e. The van der Waals surface area contributed by atoms with Crippen LogP contribution in [0, 0.1) is 0 Å². The fourth-order valence-corrected chi connectivity index (χ4v) is 4.81. The minimum absolute atomic E-state index is 0.261. The Balaban J connectivity index is 0.000000307. The lowest BCUT2D eigenvalue weighted by atomic mass is 10.1. The van der Waals surface area contributed by atoms with Gasteiger partial charge in [-0.05, 0) is 58.0 Å². The van der Waals surface area contributed by atoms with Gasteiger partial charge in [0, 0.05) is 49.5 Å². The van der Waals surface area contributed by atoms with Gasteiger partial charge >= 0.3 is 0 Å². The van der Waals surface area contributed by atoms with Crippen LogP contribution in [-0.2, 0) is 11.2 Å². The molecule has 0 saturated heterocycles. The van der Waals surface area contributed by atoms with E-state index in [4.69, 9.17) is 0 Å². The summed E-state index contributed by atoms with van der Waals surface area (Å²) in [6.45, 7) is 9.96. The maximum Gasteiger partial charge on any atom is 0.209 e. The topological polar surface area (TPSA) is 111 Å². The van der Waals surface area contributed by atoms with Crippen molar-refractivity contribution in [1.29, 1.82) is 0 Å². The summed E-state index contributed by atoms with van der Waals surface area (Å²) in [7, 11) is 1.96. The average molecular weight is 521 g/mol. The third kappa shape index (κ3) is 7.34. The summed E-state index contributed by atoms with van der Waals surface area (Å²) < 4.78 is 0. The summed E-state index contributed by atoms with van der Waals surface area (Å²) in [5.41, 5.74) is 7.24. The number of allylic oxidation sites excluding steroid dienone is 2. The van der Waals surface area contributed by atoms with E-state index in [1.54, 1.807) is 22.6 Å². The fourth-order valence-electron chi connectivity index (χ4n) is 4.05. The van der Waals surface area contributed by atoms with Crippen LogP contribution < -0.4 is 16.0 Å². The van der Waals surface area contributed by atoms with Crippen molar-refractivity contribution in [3.63, 3.8) is 0 Å². The summed E-state index contributed by atoms with van der Waals surface area (Å²) in [6.07, 6.45) is 12.5. The van der Waals surface area contributed by atoms with Gasteiger partial charge in [-0.25, -0.2) is 15.0 Å². The number of fused-ring (bicyclic) bond motifs is 2. The highest BCUT2D eigenvalue weighted by Crippen LogP contribution is 2.29. The monoisotopic (exact) mass is 520 g/mol. The number of likely N-dealkylation sites (N-methyl/N-ethyl adjacent to an activating group) is 1. The molecule has 2 aliphatic rings. The van der Waals surface area contributed by atoms with Crippen molar-refractivity contribution in [2.75, 3.05) is 38.5 Å². The van der Waals surface area contributed by atoms with E-state index in [1.165, 1.54) is 10.5 Å². The van der Waals surface area contributed by atoms with Crippen LogP contribution in [0.2, 0.25) is 0 Å². The lowest BCUT2D eigenvalue weighted by Crippen LogP contribution is -2.39. The Kier molecular flexibility index (Phi) is 8.86. The molecule has 9 nitrogen and oxygen atoms in total. The summed E-state index contributed by atoms with van der Waals surface area (Å²) in [4.78, 5) is 30.5. The number of hydrogen-bond donors (Lipinski definition) is 4. The Morgan fingerprint density at radius 3 is 2.81 bits per heavy atom.